The van der Waals surface area contributed by atoms with Gasteiger partial charge in [-0.1, -0.05) is 6.07 Å². The molecule has 3 N–H and O–H groups in total. The van der Waals surface area contributed by atoms with Crippen molar-refractivity contribution in [3.05, 3.63) is 29.3 Å². The molecule has 0 saturated carbocycles. The molecule has 0 radical (unpaired) electrons. The smallest absolute Gasteiger partial charge is 0.240 e. The molecule has 0 aliphatic heterocycles. The summed E-state index contributed by atoms with van der Waals surface area (Å²) in [6, 6.07) is 5.54. The Morgan fingerprint density at radius 3 is 2.59 bits per heavy atom. The fourth-order valence-electron chi connectivity index (χ4n) is 1.65. The third-order valence-electron chi connectivity index (χ3n) is 2.32. The number of amides is 1. The second-order valence-electron chi connectivity index (χ2n) is 4.72. The zero-order valence-corrected chi connectivity index (χ0v) is 10.9. The van der Waals surface area contributed by atoms with E-state index in [2.05, 4.69) is 16.3 Å². The minimum atomic E-state index is -0.493. The predicted octanol–water partition coefficient (Wildman–Crippen LogP) is 1.34. The average molecular weight is 235 g/mol. The Kier molecular flexibility index (Phi) is 4.66. The first-order valence-corrected chi connectivity index (χ1v) is 5.70. The number of nitrogens with two attached hydrogens (primary N) is 1. The SMILES string of the molecule is Cc1cc(CN(C)C)cc(NC(=O)[C@@H](C)N)c1. The van der Waals surface area contributed by atoms with Crippen molar-refractivity contribution in [1.82, 2.24) is 4.90 Å². The number of rotatable bonds is 4. The van der Waals surface area contributed by atoms with Crippen LogP contribution in [0.4, 0.5) is 5.69 Å². The van der Waals surface area contributed by atoms with E-state index in [0.29, 0.717) is 0 Å². The van der Waals surface area contributed by atoms with Crippen LogP contribution in [0.5, 0.6) is 0 Å². The first-order valence-electron chi connectivity index (χ1n) is 5.70. The van der Waals surface area contributed by atoms with Gasteiger partial charge in [0.2, 0.25) is 5.91 Å². The van der Waals surface area contributed by atoms with Crippen LogP contribution in [-0.2, 0) is 11.3 Å². The largest absolute Gasteiger partial charge is 0.325 e. The van der Waals surface area contributed by atoms with Crippen LogP contribution in [0.1, 0.15) is 18.1 Å². The average Bonchev–Trinajstić information content (AvgIpc) is 2.14. The lowest BCUT2D eigenvalue weighted by Gasteiger charge is -2.13. The summed E-state index contributed by atoms with van der Waals surface area (Å²) in [5, 5.41) is 2.81. The lowest BCUT2D eigenvalue weighted by atomic mass is 10.1. The van der Waals surface area contributed by atoms with Crippen LogP contribution in [0, 0.1) is 6.92 Å². The molecule has 0 spiro atoms. The Labute approximate surface area is 103 Å². The maximum Gasteiger partial charge on any atom is 0.240 e. The molecule has 1 aromatic rings. The standard InChI is InChI=1S/C13H21N3O/c1-9-5-11(8-16(3)4)7-12(6-9)15-13(17)10(2)14/h5-7,10H,8,14H2,1-4H3,(H,15,17)/t10-/m1/s1. The van der Waals surface area contributed by atoms with Gasteiger partial charge in [0.1, 0.15) is 0 Å². The number of benzene rings is 1. The molecule has 1 atom stereocenters. The molecule has 17 heavy (non-hydrogen) atoms. The molecule has 0 unspecified atom stereocenters. The van der Waals surface area contributed by atoms with E-state index in [-0.39, 0.29) is 5.91 Å². The first kappa shape index (κ1) is 13.7. The molecule has 0 aromatic heterocycles. The van der Waals surface area contributed by atoms with E-state index in [1.165, 1.54) is 5.56 Å². The molecule has 4 nitrogen and oxygen atoms in total. The second-order valence-corrected chi connectivity index (χ2v) is 4.72. The van der Waals surface area contributed by atoms with Crippen molar-refractivity contribution >= 4 is 11.6 Å². The Balaban J connectivity index is 2.85. The van der Waals surface area contributed by atoms with E-state index in [9.17, 15) is 4.79 Å². The Morgan fingerprint density at radius 2 is 2.06 bits per heavy atom. The Morgan fingerprint density at radius 1 is 1.41 bits per heavy atom. The van der Waals surface area contributed by atoms with Crippen LogP contribution in [0.15, 0.2) is 18.2 Å². The summed E-state index contributed by atoms with van der Waals surface area (Å²) >= 11 is 0. The highest BCUT2D eigenvalue weighted by Gasteiger charge is 2.08. The molecule has 94 valence electrons. The van der Waals surface area contributed by atoms with Crippen molar-refractivity contribution in [3.63, 3.8) is 0 Å². The van der Waals surface area contributed by atoms with Crippen molar-refractivity contribution in [2.24, 2.45) is 5.73 Å². The van der Waals surface area contributed by atoms with Crippen LogP contribution in [-0.4, -0.2) is 30.9 Å². The quantitative estimate of drug-likeness (QED) is 0.828. The molecule has 1 aromatic carbocycles. The molecule has 4 heteroatoms. The number of hydrogen-bond donors (Lipinski definition) is 2. The van der Waals surface area contributed by atoms with Gasteiger partial charge in [-0.15, -0.1) is 0 Å². The zero-order chi connectivity index (χ0) is 13.0. The zero-order valence-electron chi connectivity index (χ0n) is 10.9. The van der Waals surface area contributed by atoms with Gasteiger partial charge in [-0.3, -0.25) is 4.79 Å². The lowest BCUT2D eigenvalue weighted by Crippen LogP contribution is -2.32. The lowest BCUT2D eigenvalue weighted by molar-refractivity contribution is -0.117. The molecule has 0 heterocycles. The monoisotopic (exact) mass is 235 g/mol. The van der Waals surface area contributed by atoms with E-state index in [1.54, 1.807) is 6.92 Å². The fraction of sp³-hybridized carbons (Fsp3) is 0.462. The third kappa shape index (κ3) is 4.54. The van der Waals surface area contributed by atoms with Gasteiger partial charge in [0.15, 0.2) is 0 Å². The van der Waals surface area contributed by atoms with Crippen molar-refractivity contribution in [2.45, 2.75) is 26.4 Å². The molecule has 1 rings (SSSR count). The van der Waals surface area contributed by atoms with Crippen LogP contribution >= 0.6 is 0 Å². The number of hydrogen-bond acceptors (Lipinski definition) is 3. The van der Waals surface area contributed by atoms with Gasteiger partial charge in [0, 0.05) is 12.2 Å². The summed E-state index contributed by atoms with van der Waals surface area (Å²) in [7, 11) is 4.03. The highest BCUT2D eigenvalue weighted by atomic mass is 16.2. The fourth-order valence-corrected chi connectivity index (χ4v) is 1.65. The van der Waals surface area contributed by atoms with E-state index >= 15 is 0 Å². The number of anilines is 1. The van der Waals surface area contributed by atoms with Crippen LogP contribution < -0.4 is 11.1 Å². The van der Waals surface area contributed by atoms with Crippen molar-refractivity contribution in [1.29, 1.82) is 0 Å². The highest BCUT2D eigenvalue weighted by Crippen LogP contribution is 2.15. The van der Waals surface area contributed by atoms with Crippen LogP contribution in [0.3, 0.4) is 0 Å². The summed E-state index contributed by atoms with van der Waals surface area (Å²) in [5.74, 6) is -0.161. The van der Waals surface area contributed by atoms with E-state index < -0.39 is 6.04 Å². The third-order valence-corrected chi connectivity index (χ3v) is 2.32. The van der Waals surface area contributed by atoms with Crippen molar-refractivity contribution in [3.8, 4) is 0 Å². The summed E-state index contributed by atoms with van der Waals surface area (Å²) in [5.41, 5.74) is 8.63. The van der Waals surface area contributed by atoms with E-state index in [4.69, 9.17) is 5.73 Å². The topological polar surface area (TPSA) is 58.4 Å². The van der Waals surface area contributed by atoms with Crippen molar-refractivity contribution < 1.29 is 4.79 Å². The maximum absolute atomic E-state index is 11.5. The molecular formula is C13H21N3O. The Bertz CT molecular complexity index is 400. The van der Waals surface area contributed by atoms with Crippen molar-refractivity contribution in [2.75, 3.05) is 19.4 Å². The van der Waals surface area contributed by atoms with Gasteiger partial charge in [0.05, 0.1) is 6.04 Å². The Hall–Kier alpha value is -1.39. The maximum atomic E-state index is 11.5. The molecular weight excluding hydrogens is 214 g/mol. The summed E-state index contributed by atoms with van der Waals surface area (Å²) in [4.78, 5) is 13.6. The number of aryl methyl sites for hydroxylation is 1. The van der Waals surface area contributed by atoms with E-state index in [1.807, 2.05) is 33.2 Å². The minimum Gasteiger partial charge on any atom is -0.325 e. The summed E-state index contributed by atoms with van der Waals surface area (Å²) < 4.78 is 0. The number of carbonyl (C=O) groups is 1. The van der Waals surface area contributed by atoms with Gasteiger partial charge < -0.3 is 16.0 Å². The molecule has 0 aliphatic rings. The minimum absolute atomic E-state index is 0.161. The molecule has 0 saturated heterocycles. The highest BCUT2D eigenvalue weighted by molar-refractivity contribution is 5.94. The molecule has 1 amide bonds. The normalized spacial score (nSPS) is 12.6. The van der Waals surface area contributed by atoms with Crippen LogP contribution in [0.2, 0.25) is 0 Å². The molecule has 0 fully saturated rings. The van der Waals surface area contributed by atoms with Gasteiger partial charge in [-0.05, 0) is 51.2 Å². The number of nitrogens with one attached hydrogen (secondary N) is 1. The molecule has 0 aliphatic carbocycles. The van der Waals surface area contributed by atoms with Gasteiger partial charge >= 0.3 is 0 Å². The summed E-state index contributed by atoms with van der Waals surface area (Å²) in [6.07, 6.45) is 0. The van der Waals surface area contributed by atoms with Gasteiger partial charge in [-0.2, -0.15) is 0 Å². The van der Waals surface area contributed by atoms with Gasteiger partial charge in [0.25, 0.3) is 0 Å². The summed E-state index contributed by atoms with van der Waals surface area (Å²) in [6.45, 7) is 4.54. The predicted molar refractivity (Wildman–Crippen MR) is 70.8 cm³/mol. The van der Waals surface area contributed by atoms with Crippen LogP contribution in [0.25, 0.3) is 0 Å². The molecule has 0 bridgehead atoms. The second kappa shape index (κ2) is 5.80. The first-order chi connectivity index (χ1) is 7.88. The number of carbonyl (C=O) groups excluding carboxylic acids is 1. The number of nitrogens with zero attached hydrogens (tertiary/aromatic N) is 1. The van der Waals surface area contributed by atoms with Gasteiger partial charge in [-0.25, -0.2) is 0 Å². The van der Waals surface area contributed by atoms with E-state index in [0.717, 1.165) is 17.8 Å².